The van der Waals surface area contributed by atoms with Crippen LogP contribution in [0.2, 0.25) is 0 Å². The average molecular weight is 265 g/mol. The van der Waals surface area contributed by atoms with Crippen LogP contribution in [0.5, 0.6) is 0 Å². The summed E-state index contributed by atoms with van der Waals surface area (Å²) >= 11 is 0. The van der Waals surface area contributed by atoms with E-state index < -0.39 is 0 Å². The third-order valence-electron chi connectivity index (χ3n) is 3.27. The summed E-state index contributed by atoms with van der Waals surface area (Å²) in [5.41, 5.74) is 0.975. The van der Waals surface area contributed by atoms with Crippen molar-refractivity contribution in [2.24, 2.45) is 0 Å². The second-order valence-electron chi connectivity index (χ2n) is 4.87. The van der Waals surface area contributed by atoms with Crippen molar-refractivity contribution in [3.8, 4) is 0 Å². The molecule has 0 bridgehead atoms. The summed E-state index contributed by atoms with van der Waals surface area (Å²) in [5, 5.41) is 3.41. The smallest absolute Gasteiger partial charge is 0.0809 e. The highest BCUT2D eigenvalue weighted by atomic mass is 16.5. The van der Waals surface area contributed by atoms with E-state index in [9.17, 15) is 0 Å². The van der Waals surface area contributed by atoms with Gasteiger partial charge >= 0.3 is 0 Å². The van der Waals surface area contributed by atoms with Crippen LogP contribution < -0.4 is 5.32 Å². The van der Waals surface area contributed by atoms with Gasteiger partial charge in [-0.05, 0) is 32.7 Å². The SMILES string of the molecule is CC(NCCCOCC1CCCO1)c1cnccn1. The van der Waals surface area contributed by atoms with E-state index in [0.29, 0.717) is 6.10 Å². The molecule has 1 N–H and O–H groups in total. The zero-order valence-electron chi connectivity index (χ0n) is 11.5. The lowest BCUT2D eigenvalue weighted by molar-refractivity contribution is 0.0165. The van der Waals surface area contributed by atoms with Crippen molar-refractivity contribution >= 4 is 0 Å². The Labute approximate surface area is 114 Å². The highest BCUT2D eigenvalue weighted by Crippen LogP contribution is 2.12. The van der Waals surface area contributed by atoms with E-state index in [-0.39, 0.29) is 6.04 Å². The lowest BCUT2D eigenvalue weighted by atomic mass is 10.2. The predicted octanol–water partition coefficient (Wildman–Crippen LogP) is 1.71. The highest BCUT2D eigenvalue weighted by molar-refractivity contribution is 5.00. The molecule has 0 spiro atoms. The minimum Gasteiger partial charge on any atom is -0.379 e. The largest absolute Gasteiger partial charge is 0.379 e. The van der Waals surface area contributed by atoms with E-state index in [4.69, 9.17) is 9.47 Å². The zero-order chi connectivity index (χ0) is 13.3. The maximum absolute atomic E-state index is 5.61. The van der Waals surface area contributed by atoms with E-state index in [1.165, 1.54) is 6.42 Å². The van der Waals surface area contributed by atoms with Crippen molar-refractivity contribution in [1.29, 1.82) is 0 Å². The molecule has 1 aromatic rings. The van der Waals surface area contributed by atoms with Crippen molar-refractivity contribution in [3.05, 3.63) is 24.3 Å². The summed E-state index contributed by atoms with van der Waals surface area (Å²) in [6, 6.07) is 0.229. The molecule has 2 atom stereocenters. The van der Waals surface area contributed by atoms with Gasteiger partial charge in [0.25, 0.3) is 0 Å². The maximum Gasteiger partial charge on any atom is 0.0809 e. The Balaban J connectivity index is 1.49. The molecular formula is C14H23N3O2. The van der Waals surface area contributed by atoms with Crippen LogP contribution in [-0.2, 0) is 9.47 Å². The number of ether oxygens (including phenoxy) is 2. The molecule has 1 aliphatic heterocycles. The fourth-order valence-corrected chi connectivity index (χ4v) is 2.12. The van der Waals surface area contributed by atoms with E-state index in [1.807, 2.05) is 0 Å². The molecule has 106 valence electrons. The first-order valence-electron chi connectivity index (χ1n) is 7.05. The minimum absolute atomic E-state index is 0.229. The summed E-state index contributed by atoms with van der Waals surface area (Å²) in [4.78, 5) is 8.34. The van der Waals surface area contributed by atoms with Crippen LogP contribution in [-0.4, -0.2) is 42.4 Å². The van der Waals surface area contributed by atoms with Gasteiger partial charge in [0.1, 0.15) is 0 Å². The van der Waals surface area contributed by atoms with Gasteiger partial charge in [-0.25, -0.2) is 0 Å². The molecule has 5 nitrogen and oxygen atoms in total. The van der Waals surface area contributed by atoms with Crippen LogP contribution in [0.4, 0.5) is 0 Å². The van der Waals surface area contributed by atoms with Gasteiger partial charge in [0.2, 0.25) is 0 Å². The standard InChI is InChI=1S/C14H23N3O2/c1-12(14-10-15-6-7-17-14)16-5-3-8-18-11-13-4-2-9-19-13/h6-7,10,12-13,16H,2-5,8-9,11H2,1H3. The van der Waals surface area contributed by atoms with Gasteiger partial charge in [-0.3, -0.25) is 9.97 Å². The second kappa shape index (κ2) is 8.19. The quantitative estimate of drug-likeness (QED) is 0.725. The first-order valence-corrected chi connectivity index (χ1v) is 7.05. The molecule has 0 aliphatic carbocycles. The topological polar surface area (TPSA) is 56.3 Å². The molecule has 0 amide bonds. The molecule has 1 aliphatic rings. The Bertz CT molecular complexity index is 342. The summed E-state index contributed by atoms with van der Waals surface area (Å²) in [7, 11) is 0. The zero-order valence-corrected chi connectivity index (χ0v) is 11.5. The van der Waals surface area contributed by atoms with Gasteiger partial charge in [0, 0.05) is 37.8 Å². The van der Waals surface area contributed by atoms with Crippen molar-refractivity contribution in [3.63, 3.8) is 0 Å². The lowest BCUT2D eigenvalue weighted by Gasteiger charge is -2.13. The normalized spacial score (nSPS) is 20.6. The average Bonchev–Trinajstić information content (AvgIpc) is 2.96. The summed E-state index contributed by atoms with van der Waals surface area (Å²) in [6.45, 7) is 5.42. The molecule has 0 radical (unpaired) electrons. The Morgan fingerprint density at radius 2 is 2.47 bits per heavy atom. The monoisotopic (exact) mass is 265 g/mol. The minimum atomic E-state index is 0.229. The number of hydrogen-bond acceptors (Lipinski definition) is 5. The molecule has 2 heterocycles. The van der Waals surface area contributed by atoms with Gasteiger partial charge in [0.05, 0.1) is 18.4 Å². The van der Waals surface area contributed by atoms with Crippen LogP contribution in [0, 0.1) is 0 Å². The van der Waals surface area contributed by atoms with Gasteiger partial charge < -0.3 is 14.8 Å². The van der Waals surface area contributed by atoms with Crippen LogP contribution in [0.15, 0.2) is 18.6 Å². The Morgan fingerprint density at radius 1 is 1.53 bits per heavy atom. The molecule has 0 aromatic carbocycles. The van der Waals surface area contributed by atoms with E-state index in [1.54, 1.807) is 18.6 Å². The maximum atomic E-state index is 5.61. The van der Waals surface area contributed by atoms with Crippen molar-refractivity contribution in [2.45, 2.75) is 38.3 Å². The van der Waals surface area contributed by atoms with E-state index >= 15 is 0 Å². The summed E-state index contributed by atoms with van der Waals surface area (Å²) in [6.07, 6.45) is 8.84. The Morgan fingerprint density at radius 3 is 3.21 bits per heavy atom. The molecule has 2 unspecified atom stereocenters. The summed E-state index contributed by atoms with van der Waals surface area (Å²) < 4.78 is 11.1. The Hall–Kier alpha value is -1.04. The van der Waals surface area contributed by atoms with Crippen molar-refractivity contribution in [1.82, 2.24) is 15.3 Å². The molecule has 1 aromatic heterocycles. The van der Waals surface area contributed by atoms with Crippen LogP contribution >= 0.6 is 0 Å². The number of rotatable bonds is 8. The van der Waals surface area contributed by atoms with E-state index in [2.05, 4.69) is 22.2 Å². The van der Waals surface area contributed by atoms with Crippen LogP contribution in [0.1, 0.15) is 37.9 Å². The van der Waals surface area contributed by atoms with Gasteiger partial charge in [-0.2, -0.15) is 0 Å². The first kappa shape index (κ1) is 14.4. The number of nitrogens with zero attached hydrogens (tertiary/aromatic N) is 2. The van der Waals surface area contributed by atoms with Crippen LogP contribution in [0.3, 0.4) is 0 Å². The number of hydrogen-bond donors (Lipinski definition) is 1. The molecule has 2 rings (SSSR count). The summed E-state index contributed by atoms with van der Waals surface area (Å²) in [5.74, 6) is 0. The molecule has 1 fully saturated rings. The van der Waals surface area contributed by atoms with Gasteiger partial charge in [-0.15, -0.1) is 0 Å². The van der Waals surface area contributed by atoms with E-state index in [0.717, 1.165) is 44.9 Å². The predicted molar refractivity (Wildman–Crippen MR) is 72.9 cm³/mol. The molecular weight excluding hydrogens is 242 g/mol. The van der Waals surface area contributed by atoms with Gasteiger partial charge in [0.15, 0.2) is 0 Å². The second-order valence-corrected chi connectivity index (χ2v) is 4.87. The first-order chi connectivity index (χ1) is 9.36. The van der Waals surface area contributed by atoms with Gasteiger partial charge in [-0.1, -0.05) is 0 Å². The van der Waals surface area contributed by atoms with Crippen LogP contribution in [0.25, 0.3) is 0 Å². The van der Waals surface area contributed by atoms with Crippen molar-refractivity contribution in [2.75, 3.05) is 26.4 Å². The molecule has 5 heteroatoms. The fraction of sp³-hybridized carbons (Fsp3) is 0.714. The number of aromatic nitrogens is 2. The third kappa shape index (κ3) is 5.22. The lowest BCUT2D eigenvalue weighted by Crippen LogP contribution is -2.22. The number of nitrogens with one attached hydrogen (secondary N) is 1. The highest BCUT2D eigenvalue weighted by Gasteiger charge is 2.14. The molecule has 19 heavy (non-hydrogen) atoms. The molecule has 0 saturated carbocycles. The van der Waals surface area contributed by atoms with Crippen molar-refractivity contribution < 1.29 is 9.47 Å². The fourth-order valence-electron chi connectivity index (χ4n) is 2.12. The molecule has 1 saturated heterocycles. The third-order valence-corrected chi connectivity index (χ3v) is 3.27. The Kier molecular flexibility index (Phi) is 6.20.